The van der Waals surface area contributed by atoms with Crippen molar-refractivity contribution in [2.24, 2.45) is 0 Å². The molecule has 82 valence electrons. The maximum absolute atomic E-state index is 12.9. The molecule has 2 aromatic heterocycles. The Morgan fingerprint density at radius 2 is 2.19 bits per heavy atom. The van der Waals surface area contributed by atoms with Crippen molar-refractivity contribution in [1.29, 1.82) is 0 Å². The minimum Gasteiger partial charge on any atom is -0.471 e. The van der Waals surface area contributed by atoms with Crippen molar-refractivity contribution in [3.63, 3.8) is 0 Å². The van der Waals surface area contributed by atoms with Crippen LogP contribution >= 0.6 is 0 Å². The van der Waals surface area contributed by atoms with Crippen LogP contribution in [0.2, 0.25) is 0 Å². The van der Waals surface area contributed by atoms with E-state index in [1.807, 2.05) is 18.2 Å². The van der Waals surface area contributed by atoms with Gasteiger partial charge in [-0.2, -0.15) is 0 Å². The average Bonchev–Trinajstić information content (AvgIpc) is 2.32. The van der Waals surface area contributed by atoms with E-state index in [4.69, 9.17) is 4.74 Å². The molecule has 2 aromatic rings. The summed E-state index contributed by atoms with van der Waals surface area (Å²) in [6.45, 7) is 2.00. The monoisotopic (exact) mass is 218 g/mol. The summed E-state index contributed by atoms with van der Waals surface area (Å²) in [6.07, 6.45) is 2.85. The van der Waals surface area contributed by atoms with Crippen molar-refractivity contribution in [3.8, 4) is 5.88 Å². The normalized spacial score (nSPS) is 10.1. The highest BCUT2D eigenvalue weighted by molar-refractivity contribution is 5.20. The zero-order valence-corrected chi connectivity index (χ0v) is 8.85. The van der Waals surface area contributed by atoms with Crippen molar-refractivity contribution < 1.29 is 9.13 Å². The molecule has 0 aliphatic carbocycles. The number of aromatic nitrogens is 2. The first-order chi connectivity index (χ1) is 7.75. The van der Waals surface area contributed by atoms with E-state index in [1.165, 1.54) is 0 Å². The van der Waals surface area contributed by atoms with Gasteiger partial charge in [-0.15, -0.1) is 0 Å². The number of aryl methyl sites for hydroxylation is 1. The second-order valence-electron chi connectivity index (χ2n) is 3.38. The van der Waals surface area contributed by atoms with Crippen LogP contribution in [0.4, 0.5) is 4.39 Å². The summed E-state index contributed by atoms with van der Waals surface area (Å²) in [7, 11) is 0. The molecule has 2 heterocycles. The van der Waals surface area contributed by atoms with Crippen LogP contribution in [0, 0.1) is 12.7 Å². The van der Waals surface area contributed by atoms with Gasteiger partial charge in [-0.25, -0.2) is 9.37 Å². The topological polar surface area (TPSA) is 35.0 Å². The fourth-order valence-electron chi connectivity index (χ4n) is 1.22. The number of rotatable bonds is 3. The highest BCUT2D eigenvalue weighted by atomic mass is 19.1. The molecule has 2 rings (SSSR count). The van der Waals surface area contributed by atoms with E-state index in [0.29, 0.717) is 18.1 Å². The van der Waals surface area contributed by atoms with Crippen molar-refractivity contribution >= 4 is 0 Å². The fourth-order valence-corrected chi connectivity index (χ4v) is 1.22. The van der Waals surface area contributed by atoms with E-state index in [2.05, 4.69) is 9.97 Å². The minimum atomic E-state index is -0.329. The van der Waals surface area contributed by atoms with Crippen molar-refractivity contribution in [2.45, 2.75) is 13.5 Å². The molecule has 0 amide bonds. The van der Waals surface area contributed by atoms with Crippen LogP contribution in [0.25, 0.3) is 0 Å². The first kappa shape index (κ1) is 10.5. The Bertz CT molecular complexity index is 474. The largest absolute Gasteiger partial charge is 0.471 e. The molecule has 0 N–H and O–H groups in total. The zero-order chi connectivity index (χ0) is 11.4. The minimum absolute atomic E-state index is 0.329. The van der Waals surface area contributed by atoms with Crippen LogP contribution in [-0.2, 0) is 6.61 Å². The lowest BCUT2D eigenvalue weighted by molar-refractivity contribution is 0.288. The molecule has 0 bridgehead atoms. The summed E-state index contributed by atoms with van der Waals surface area (Å²) in [5.41, 5.74) is 1.33. The molecule has 0 aliphatic rings. The van der Waals surface area contributed by atoms with E-state index >= 15 is 0 Å². The van der Waals surface area contributed by atoms with Gasteiger partial charge in [0.1, 0.15) is 12.4 Å². The van der Waals surface area contributed by atoms with Crippen LogP contribution in [0.5, 0.6) is 5.88 Å². The second kappa shape index (κ2) is 4.70. The van der Waals surface area contributed by atoms with Crippen LogP contribution in [0.3, 0.4) is 0 Å². The predicted molar refractivity (Wildman–Crippen MR) is 57.5 cm³/mol. The zero-order valence-electron chi connectivity index (χ0n) is 8.85. The first-order valence-corrected chi connectivity index (χ1v) is 4.90. The van der Waals surface area contributed by atoms with E-state index in [9.17, 15) is 4.39 Å². The van der Waals surface area contributed by atoms with Gasteiger partial charge in [0.05, 0.1) is 11.9 Å². The van der Waals surface area contributed by atoms with Crippen LogP contribution in [0.1, 0.15) is 11.3 Å². The molecular formula is C12H11FN2O. The van der Waals surface area contributed by atoms with Gasteiger partial charge in [-0.05, 0) is 24.6 Å². The van der Waals surface area contributed by atoms with Gasteiger partial charge in [0.25, 0.3) is 0 Å². The quantitative estimate of drug-likeness (QED) is 0.793. The van der Waals surface area contributed by atoms with Gasteiger partial charge < -0.3 is 4.74 Å². The maximum atomic E-state index is 12.9. The molecule has 0 atom stereocenters. The van der Waals surface area contributed by atoms with Crippen LogP contribution < -0.4 is 4.74 Å². The average molecular weight is 218 g/mol. The highest BCUT2D eigenvalue weighted by Gasteiger charge is 2.01. The van der Waals surface area contributed by atoms with Gasteiger partial charge >= 0.3 is 0 Å². The Labute approximate surface area is 92.9 Å². The molecule has 0 unspecified atom stereocenters. The molecule has 0 aliphatic heterocycles. The fraction of sp³-hybridized carbons (Fsp3) is 0.167. The number of pyridine rings is 2. The van der Waals surface area contributed by atoms with E-state index in [-0.39, 0.29) is 5.82 Å². The number of hydrogen-bond donors (Lipinski definition) is 0. The van der Waals surface area contributed by atoms with Crippen LogP contribution in [0.15, 0.2) is 36.7 Å². The van der Waals surface area contributed by atoms with Gasteiger partial charge in [-0.1, -0.05) is 6.07 Å². The molecule has 0 saturated heterocycles. The Balaban J connectivity index is 2.03. The second-order valence-corrected chi connectivity index (χ2v) is 3.38. The van der Waals surface area contributed by atoms with Gasteiger partial charge in [0, 0.05) is 12.3 Å². The smallest absolute Gasteiger partial charge is 0.214 e. The summed E-state index contributed by atoms with van der Waals surface area (Å²) in [5.74, 6) is 0.0785. The summed E-state index contributed by atoms with van der Waals surface area (Å²) < 4.78 is 18.3. The number of halogens is 1. The molecule has 0 aromatic carbocycles. The SMILES string of the molecule is Cc1cc(OCc2ccccn2)ncc1F. The maximum Gasteiger partial charge on any atom is 0.214 e. The lowest BCUT2D eigenvalue weighted by Crippen LogP contribution is -1.99. The molecule has 3 nitrogen and oxygen atoms in total. The van der Waals surface area contributed by atoms with Crippen molar-refractivity contribution in [1.82, 2.24) is 9.97 Å². The molecule has 0 fully saturated rings. The van der Waals surface area contributed by atoms with Crippen molar-refractivity contribution in [2.75, 3.05) is 0 Å². The predicted octanol–water partition coefficient (Wildman–Crippen LogP) is 2.50. The van der Waals surface area contributed by atoms with Gasteiger partial charge in [0.2, 0.25) is 5.88 Å². The summed E-state index contributed by atoms with van der Waals surface area (Å²) >= 11 is 0. The molecule has 0 spiro atoms. The molecule has 0 saturated carbocycles. The number of ether oxygens (including phenoxy) is 1. The Kier molecular flexibility index (Phi) is 3.10. The third-order valence-corrected chi connectivity index (χ3v) is 2.12. The van der Waals surface area contributed by atoms with E-state index in [1.54, 1.807) is 19.2 Å². The number of hydrogen-bond acceptors (Lipinski definition) is 3. The molecule has 16 heavy (non-hydrogen) atoms. The number of nitrogens with zero attached hydrogens (tertiary/aromatic N) is 2. The molecular weight excluding hydrogens is 207 g/mol. The first-order valence-electron chi connectivity index (χ1n) is 4.90. The Morgan fingerprint density at radius 1 is 1.31 bits per heavy atom. The summed E-state index contributed by atoms with van der Waals surface area (Å²) in [6, 6.07) is 7.15. The summed E-state index contributed by atoms with van der Waals surface area (Å²) in [4.78, 5) is 7.94. The third kappa shape index (κ3) is 2.53. The Morgan fingerprint density at radius 3 is 2.88 bits per heavy atom. The van der Waals surface area contributed by atoms with Gasteiger partial charge in [-0.3, -0.25) is 4.98 Å². The Hall–Kier alpha value is -1.97. The standard InChI is InChI=1S/C12H11FN2O/c1-9-6-12(15-7-11(9)13)16-8-10-4-2-3-5-14-10/h2-7H,8H2,1H3. The third-order valence-electron chi connectivity index (χ3n) is 2.12. The summed E-state index contributed by atoms with van der Waals surface area (Å²) in [5, 5.41) is 0. The lowest BCUT2D eigenvalue weighted by Gasteiger charge is -2.05. The molecule has 0 radical (unpaired) electrons. The van der Waals surface area contributed by atoms with Gasteiger partial charge in [0.15, 0.2) is 0 Å². The van der Waals surface area contributed by atoms with Crippen molar-refractivity contribution in [3.05, 3.63) is 53.7 Å². The highest BCUT2D eigenvalue weighted by Crippen LogP contribution is 2.13. The van der Waals surface area contributed by atoms with E-state index < -0.39 is 0 Å². The van der Waals surface area contributed by atoms with Crippen LogP contribution in [-0.4, -0.2) is 9.97 Å². The van der Waals surface area contributed by atoms with E-state index in [0.717, 1.165) is 11.9 Å². The lowest BCUT2D eigenvalue weighted by atomic mass is 10.3. The molecule has 4 heteroatoms.